The van der Waals surface area contributed by atoms with Gasteiger partial charge < -0.3 is 9.13 Å². The van der Waals surface area contributed by atoms with E-state index in [0.717, 1.165) is 61.7 Å². The molecule has 1 aliphatic rings. The standard InChI is InChI=1S/C67H46N4/c1-67(2)58-29-11-6-24-52(58)53-35-34-46(41-59(53)67)60-42-61(69-66(68-60)43-18-4-3-5-19-43)49-37-47(44-20-16-22-50(39-44)70-62-30-12-7-25-54(62)55-26-8-13-31-63(55)70)36-48(38-49)45-21-17-23-51(40-45)71-64-32-14-9-27-56(64)57-28-10-15-33-65(57)71/h3-42H,1-2H3. The quantitative estimate of drug-likeness (QED) is 0.160. The molecule has 1 aliphatic carbocycles. The smallest absolute Gasteiger partial charge is 0.160 e. The molecule has 4 nitrogen and oxygen atoms in total. The number of fused-ring (bicyclic) bond motifs is 9. The monoisotopic (exact) mass is 906 g/mol. The van der Waals surface area contributed by atoms with Gasteiger partial charge in [-0.1, -0.05) is 178 Å². The molecule has 4 heteroatoms. The fraction of sp³-hybridized carbons (Fsp3) is 0.0448. The summed E-state index contributed by atoms with van der Waals surface area (Å²) in [4.78, 5) is 10.8. The van der Waals surface area contributed by atoms with Crippen LogP contribution in [0.25, 0.3) is 122 Å². The van der Waals surface area contributed by atoms with Gasteiger partial charge in [-0.3, -0.25) is 0 Å². The first-order valence-corrected chi connectivity index (χ1v) is 24.5. The highest BCUT2D eigenvalue weighted by molar-refractivity contribution is 6.10. The van der Waals surface area contributed by atoms with Crippen molar-refractivity contribution in [1.82, 2.24) is 19.1 Å². The second-order valence-corrected chi connectivity index (χ2v) is 19.4. The molecule has 0 atom stereocenters. The van der Waals surface area contributed by atoms with Gasteiger partial charge in [0.1, 0.15) is 0 Å². The molecule has 0 saturated carbocycles. The lowest BCUT2D eigenvalue weighted by Crippen LogP contribution is -2.14. The predicted molar refractivity (Wildman–Crippen MR) is 295 cm³/mol. The Labute approximate surface area is 412 Å². The van der Waals surface area contributed by atoms with E-state index < -0.39 is 0 Å². The molecule has 334 valence electrons. The van der Waals surface area contributed by atoms with Crippen molar-refractivity contribution in [2.75, 3.05) is 0 Å². The summed E-state index contributed by atoms with van der Waals surface area (Å²) in [7, 11) is 0. The third kappa shape index (κ3) is 6.60. The maximum atomic E-state index is 5.44. The van der Waals surface area contributed by atoms with E-state index in [1.807, 2.05) is 6.07 Å². The fourth-order valence-electron chi connectivity index (χ4n) is 11.5. The second-order valence-electron chi connectivity index (χ2n) is 19.4. The first kappa shape index (κ1) is 40.9. The lowest BCUT2D eigenvalue weighted by molar-refractivity contribution is 0.660. The molecule has 0 N–H and O–H groups in total. The van der Waals surface area contributed by atoms with E-state index in [0.29, 0.717) is 5.82 Å². The van der Waals surface area contributed by atoms with Crippen LogP contribution in [-0.2, 0) is 5.41 Å². The van der Waals surface area contributed by atoms with Crippen molar-refractivity contribution in [3.05, 3.63) is 254 Å². The Morgan fingerprint density at radius 3 is 1.28 bits per heavy atom. The van der Waals surface area contributed by atoms with E-state index in [2.05, 4.69) is 260 Å². The molecule has 0 saturated heterocycles. The zero-order valence-corrected chi connectivity index (χ0v) is 39.4. The Morgan fingerprint density at radius 1 is 0.296 bits per heavy atom. The average Bonchev–Trinajstić information content (AvgIpc) is 4.04. The SMILES string of the molecule is CC1(C)c2ccccc2-c2ccc(-c3cc(-c4cc(-c5cccc(-n6c7ccccc7c7ccccc76)c5)cc(-c5cccc(-n6c7ccccc7c7ccccc76)c5)c4)nc(-c4ccccc4)n3)cc21. The Hall–Kier alpha value is -9.12. The van der Waals surface area contributed by atoms with Gasteiger partial charge in [0.2, 0.25) is 0 Å². The van der Waals surface area contributed by atoms with Crippen LogP contribution in [0.3, 0.4) is 0 Å². The second kappa shape index (κ2) is 16.0. The summed E-state index contributed by atoms with van der Waals surface area (Å²) in [5.74, 6) is 0.690. The number of aromatic nitrogens is 4. The average molecular weight is 907 g/mol. The molecular weight excluding hydrogens is 861 g/mol. The Kier molecular flexibility index (Phi) is 9.21. The van der Waals surface area contributed by atoms with Gasteiger partial charge in [0.25, 0.3) is 0 Å². The topological polar surface area (TPSA) is 35.6 Å². The molecule has 3 aromatic heterocycles. The number of rotatable bonds is 7. The molecule has 10 aromatic carbocycles. The minimum absolute atomic E-state index is 0.148. The van der Waals surface area contributed by atoms with Crippen LogP contribution >= 0.6 is 0 Å². The largest absolute Gasteiger partial charge is 0.309 e. The lowest BCUT2D eigenvalue weighted by Gasteiger charge is -2.22. The number of nitrogens with zero attached hydrogens (tertiary/aromatic N) is 4. The highest BCUT2D eigenvalue weighted by Crippen LogP contribution is 2.50. The molecule has 13 aromatic rings. The molecule has 14 rings (SSSR count). The van der Waals surface area contributed by atoms with Crippen molar-refractivity contribution in [3.8, 4) is 78.7 Å². The van der Waals surface area contributed by atoms with Crippen LogP contribution in [0.15, 0.2) is 243 Å². The minimum atomic E-state index is -0.148. The van der Waals surface area contributed by atoms with E-state index in [1.54, 1.807) is 0 Å². The molecule has 0 radical (unpaired) electrons. The molecular formula is C67H46N4. The van der Waals surface area contributed by atoms with Crippen molar-refractivity contribution in [2.45, 2.75) is 19.3 Å². The van der Waals surface area contributed by atoms with Crippen molar-refractivity contribution in [3.63, 3.8) is 0 Å². The molecule has 3 heterocycles. The highest BCUT2D eigenvalue weighted by atomic mass is 15.0. The van der Waals surface area contributed by atoms with Crippen LogP contribution in [-0.4, -0.2) is 19.1 Å². The molecule has 0 amide bonds. The molecule has 71 heavy (non-hydrogen) atoms. The normalized spacial score (nSPS) is 12.8. The van der Waals surface area contributed by atoms with Gasteiger partial charge in [-0.05, 0) is 123 Å². The summed E-state index contributed by atoms with van der Waals surface area (Å²) in [5, 5.41) is 4.97. The summed E-state index contributed by atoms with van der Waals surface area (Å²) < 4.78 is 4.79. The number of para-hydroxylation sites is 4. The Morgan fingerprint density at radius 2 is 0.732 bits per heavy atom. The summed E-state index contributed by atoms with van der Waals surface area (Å²) in [5.41, 5.74) is 21.3. The summed E-state index contributed by atoms with van der Waals surface area (Å²) in [6.07, 6.45) is 0. The zero-order chi connectivity index (χ0) is 47.2. The Bertz CT molecular complexity index is 3980. The van der Waals surface area contributed by atoms with Gasteiger partial charge in [-0.2, -0.15) is 0 Å². The summed E-state index contributed by atoms with van der Waals surface area (Å²) in [6.45, 7) is 4.67. The van der Waals surface area contributed by atoms with E-state index in [9.17, 15) is 0 Å². The zero-order valence-electron chi connectivity index (χ0n) is 39.4. The van der Waals surface area contributed by atoms with Gasteiger partial charge in [-0.25, -0.2) is 9.97 Å². The first-order valence-electron chi connectivity index (χ1n) is 24.5. The highest BCUT2D eigenvalue weighted by Gasteiger charge is 2.35. The lowest BCUT2D eigenvalue weighted by atomic mass is 9.82. The summed E-state index contributed by atoms with van der Waals surface area (Å²) in [6, 6.07) is 88.1. The van der Waals surface area contributed by atoms with Crippen molar-refractivity contribution >= 4 is 43.6 Å². The van der Waals surface area contributed by atoms with Crippen LogP contribution in [0, 0.1) is 0 Å². The first-order chi connectivity index (χ1) is 34.9. The number of benzene rings is 10. The van der Waals surface area contributed by atoms with Gasteiger partial charge in [0.15, 0.2) is 5.82 Å². The van der Waals surface area contributed by atoms with Crippen molar-refractivity contribution < 1.29 is 0 Å². The van der Waals surface area contributed by atoms with Crippen LogP contribution < -0.4 is 0 Å². The molecule has 0 bridgehead atoms. The molecule has 0 fully saturated rings. The molecule has 0 unspecified atom stereocenters. The summed E-state index contributed by atoms with van der Waals surface area (Å²) >= 11 is 0. The van der Waals surface area contributed by atoms with E-state index >= 15 is 0 Å². The van der Waals surface area contributed by atoms with Crippen molar-refractivity contribution in [2.24, 2.45) is 0 Å². The predicted octanol–water partition coefficient (Wildman–Crippen LogP) is 17.3. The van der Waals surface area contributed by atoms with Crippen LogP contribution in [0.4, 0.5) is 0 Å². The van der Waals surface area contributed by atoms with E-state index in [-0.39, 0.29) is 5.41 Å². The van der Waals surface area contributed by atoms with E-state index in [4.69, 9.17) is 9.97 Å². The third-order valence-electron chi connectivity index (χ3n) is 14.9. The Balaban J connectivity index is 0.980. The van der Waals surface area contributed by atoms with Crippen LogP contribution in [0.5, 0.6) is 0 Å². The van der Waals surface area contributed by atoms with E-state index in [1.165, 1.54) is 65.9 Å². The van der Waals surface area contributed by atoms with Gasteiger partial charge in [0.05, 0.1) is 33.5 Å². The molecule has 0 spiro atoms. The van der Waals surface area contributed by atoms with Gasteiger partial charge in [0, 0.05) is 55.0 Å². The van der Waals surface area contributed by atoms with Crippen LogP contribution in [0.2, 0.25) is 0 Å². The van der Waals surface area contributed by atoms with Gasteiger partial charge in [-0.15, -0.1) is 0 Å². The number of hydrogen-bond acceptors (Lipinski definition) is 2. The maximum absolute atomic E-state index is 5.44. The van der Waals surface area contributed by atoms with Crippen LogP contribution in [0.1, 0.15) is 25.0 Å². The minimum Gasteiger partial charge on any atom is -0.309 e. The maximum Gasteiger partial charge on any atom is 0.160 e. The fourth-order valence-corrected chi connectivity index (χ4v) is 11.5. The number of hydrogen-bond donors (Lipinski definition) is 0. The third-order valence-corrected chi connectivity index (χ3v) is 14.9. The van der Waals surface area contributed by atoms with Crippen molar-refractivity contribution in [1.29, 1.82) is 0 Å². The van der Waals surface area contributed by atoms with Gasteiger partial charge >= 0.3 is 0 Å². The molecule has 0 aliphatic heterocycles.